The fourth-order valence-electron chi connectivity index (χ4n) is 4.69. The van der Waals surface area contributed by atoms with E-state index in [0.717, 1.165) is 25.7 Å². The molecule has 1 saturated carbocycles. The maximum Gasteiger partial charge on any atom is 0.328 e. The van der Waals surface area contributed by atoms with E-state index in [1.165, 1.54) is 37.4 Å². The van der Waals surface area contributed by atoms with Gasteiger partial charge in [-0.25, -0.2) is 19.5 Å². The highest BCUT2D eigenvalue weighted by Crippen LogP contribution is 2.43. The van der Waals surface area contributed by atoms with Crippen LogP contribution in [0.5, 0.6) is 0 Å². The van der Waals surface area contributed by atoms with Crippen LogP contribution in [0.1, 0.15) is 82.8 Å². The number of amides is 1. The average Bonchev–Trinajstić information content (AvgIpc) is 3.18. The smallest absolute Gasteiger partial charge is 0.328 e. The van der Waals surface area contributed by atoms with Crippen molar-refractivity contribution in [1.82, 2.24) is 14.7 Å². The van der Waals surface area contributed by atoms with Crippen LogP contribution in [-0.4, -0.2) is 43.4 Å². The van der Waals surface area contributed by atoms with Crippen LogP contribution < -0.4 is 10.0 Å². The number of halogens is 1. The van der Waals surface area contributed by atoms with Crippen LogP contribution in [0.25, 0.3) is 0 Å². The number of pyridine rings is 2. The Labute approximate surface area is 224 Å². The van der Waals surface area contributed by atoms with Gasteiger partial charge >= 0.3 is 5.97 Å². The lowest BCUT2D eigenvalue weighted by Crippen LogP contribution is -2.33. The lowest BCUT2D eigenvalue weighted by Gasteiger charge is -2.20. The van der Waals surface area contributed by atoms with Gasteiger partial charge in [0.1, 0.15) is 11.9 Å². The van der Waals surface area contributed by atoms with E-state index in [-0.39, 0.29) is 5.82 Å². The zero-order chi connectivity index (χ0) is 28.3. The third-order valence-electron chi connectivity index (χ3n) is 6.83. The maximum absolute atomic E-state index is 14.5. The standard InChI is InChI=1S/C27H37FN4O5S/c1-26(2,3)20-13-11-18(23(28)30-20)24(33)32-38(35,36)22-9-7-8-21(31-22)29-19(25(34)37-6)12-10-17-14-15-27(4,5)16-17/h7-9,11,13,17,19H,10,12,14-16H2,1-6H3,(H,29,31)(H,32,33)/t17-,19?/m1/s1. The number of hydrogen-bond donors (Lipinski definition) is 2. The molecule has 1 unspecified atom stereocenters. The normalized spacial score (nSPS) is 18.0. The molecule has 2 N–H and O–H groups in total. The molecule has 0 spiro atoms. The van der Waals surface area contributed by atoms with E-state index in [2.05, 4.69) is 29.1 Å². The summed E-state index contributed by atoms with van der Waals surface area (Å²) in [7, 11) is -3.15. The first-order valence-corrected chi connectivity index (χ1v) is 14.2. The van der Waals surface area contributed by atoms with Gasteiger partial charge in [0.25, 0.3) is 15.9 Å². The van der Waals surface area contributed by atoms with Crippen molar-refractivity contribution >= 4 is 27.7 Å². The number of hydrogen-bond acceptors (Lipinski definition) is 8. The van der Waals surface area contributed by atoms with Crippen LogP contribution in [0, 0.1) is 17.3 Å². The number of sulfonamides is 1. The molecule has 1 aliphatic carbocycles. The monoisotopic (exact) mass is 548 g/mol. The Balaban J connectivity index is 1.72. The van der Waals surface area contributed by atoms with Crippen molar-refractivity contribution in [2.75, 3.05) is 12.4 Å². The molecule has 208 valence electrons. The van der Waals surface area contributed by atoms with Crippen LogP contribution >= 0.6 is 0 Å². The molecule has 1 aliphatic rings. The Morgan fingerprint density at radius 2 is 1.89 bits per heavy atom. The van der Waals surface area contributed by atoms with E-state index in [9.17, 15) is 22.4 Å². The Morgan fingerprint density at radius 1 is 1.18 bits per heavy atom. The highest BCUT2D eigenvalue weighted by atomic mass is 32.2. The van der Waals surface area contributed by atoms with E-state index in [1.807, 2.05) is 25.5 Å². The summed E-state index contributed by atoms with van der Waals surface area (Å²) in [6, 6.07) is 6.11. The molecule has 11 heteroatoms. The highest BCUT2D eigenvalue weighted by molar-refractivity contribution is 7.90. The third kappa shape index (κ3) is 7.49. The minimum absolute atomic E-state index is 0.129. The zero-order valence-corrected chi connectivity index (χ0v) is 23.6. The van der Waals surface area contributed by atoms with Gasteiger partial charge in [0.15, 0.2) is 5.03 Å². The number of carbonyl (C=O) groups excluding carboxylic acids is 2. The van der Waals surface area contributed by atoms with E-state index in [4.69, 9.17) is 4.74 Å². The average molecular weight is 549 g/mol. The second-order valence-electron chi connectivity index (χ2n) is 11.7. The molecular formula is C27H37FN4O5S. The minimum atomic E-state index is -4.45. The van der Waals surface area contributed by atoms with Gasteiger partial charge in [-0.05, 0) is 67.7 Å². The number of esters is 1. The molecule has 2 aromatic rings. The molecule has 1 amide bonds. The number of carbonyl (C=O) groups is 2. The maximum atomic E-state index is 14.5. The van der Waals surface area contributed by atoms with Crippen molar-refractivity contribution in [3.63, 3.8) is 0 Å². The summed E-state index contributed by atoms with van der Waals surface area (Å²) in [6.45, 7) is 10.00. The number of nitrogens with one attached hydrogen (secondary N) is 2. The number of rotatable bonds is 9. The topological polar surface area (TPSA) is 127 Å². The highest BCUT2D eigenvalue weighted by Gasteiger charge is 2.32. The van der Waals surface area contributed by atoms with Gasteiger partial charge in [-0.3, -0.25) is 4.79 Å². The second kappa shape index (κ2) is 11.3. The van der Waals surface area contributed by atoms with Gasteiger partial charge in [0, 0.05) is 11.1 Å². The van der Waals surface area contributed by atoms with Gasteiger partial charge in [-0.15, -0.1) is 0 Å². The Bertz CT molecular complexity index is 1290. The van der Waals surface area contributed by atoms with Gasteiger partial charge in [-0.2, -0.15) is 12.8 Å². The van der Waals surface area contributed by atoms with Crippen molar-refractivity contribution < 1.29 is 27.1 Å². The largest absolute Gasteiger partial charge is 0.467 e. The Hall–Kier alpha value is -3.08. The van der Waals surface area contributed by atoms with Crippen LogP contribution in [0.4, 0.5) is 10.2 Å². The van der Waals surface area contributed by atoms with Gasteiger partial charge < -0.3 is 10.1 Å². The molecule has 0 aromatic carbocycles. The van der Waals surface area contributed by atoms with Gasteiger partial charge in [-0.1, -0.05) is 40.7 Å². The first kappa shape index (κ1) is 29.5. The quantitative estimate of drug-likeness (QED) is 0.344. The van der Waals surface area contributed by atoms with Crippen molar-refractivity contribution in [1.29, 1.82) is 0 Å². The van der Waals surface area contributed by atoms with Crippen LogP contribution in [0.3, 0.4) is 0 Å². The molecule has 2 atom stereocenters. The van der Waals surface area contributed by atoms with Crippen molar-refractivity contribution in [3.05, 3.63) is 47.5 Å². The van der Waals surface area contributed by atoms with Crippen molar-refractivity contribution in [3.8, 4) is 0 Å². The Morgan fingerprint density at radius 3 is 2.47 bits per heavy atom. The first-order chi connectivity index (χ1) is 17.6. The molecule has 0 aliphatic heterocycles. The lowest BCUT2D eigenvalue weighted by atomic mass is 9.89. The number of ether oxygens (including phenoxy) is 1. The van der Waals surface area contributed by atoms with E-state index in [1.54, 1.807) is 0 Å². The van der Waals surface area contributed by atoms with Crippen LogP contribution in [0.15, 0.2) is 35.4 Å². The Kier molecular flexibility index (Phi) is 8.80. The molecule has 2 heterocycles. The van der Waals surface area contributed by atoms with Crippen molar-refractivity contribution in [2.24, 2.45) is 11.3 Å². The molecule has 0 radical (unpaired) electrons. The molecule has 9 nitrogen and oxygen atoms in total. The number of anilines is 1. The zero-order valence-electron chi connectivity index (χ0n) is 22.8. The summed E-state index contributed by atoms with van der Waals surface area (Å²) in [5, 5.41) is 2.51. The SMILES string of the molecule is COC(=O)C(CC[C@@H]1CCC(C)(C)C1)Nc1cccc(S(=O)(=O)NC(=O)c2ccc(C(C)(C)C)nc2F)n1. The molecule has 2 aromatic heterocycles. The predicted molar refractivity (Wildman–Crippen MR) is 142 cm³/mol. The van der Waals surface area contributed by atoms with E-state index in [0.29, 0.717) is 23.4 Å². The van der Waals surface area contributed by atoms with Gasteiger partial charge in [0.05, 0.1) is 12.7 Å². The van der Waals surface area contributed by atoms with E-state index >= 15 is 0 Å². The number of aromatic nitrogens is 2. The summed E-state index contributed by atoms with van der Waals surface area (Å²) in [5.41, 5.74) is -0.237. The fraction of sp³-hybridized carbons (Fsp3) is 0.556. The summed E-state index contributed by atoms with van der Waals surface area (Å²) in [5.74, 6) is -2.08. The van der Waals surface area contributed by atoms with Crippen molar-refractivity contribution in [2.45, 2.75) is 83.2 Å². The van der Waals surface area contributed by atoms with Crippen LogP contribution in [0.2, 0.25) is 0 Å². The molecule has 0 bridgehead atoms. The summed E-state index contributed by atoms with van der Waals surface area (Å²) < 4.78 is 47.1. The third-order valence-corrected chi connectivity index (χ3v) is 8.06. The molecular weight excluding hydrogens is 511 g/mol. The summed E-state index contributed by atoms with van der Waals surface area (Å²) in [6.07, 6.45) is 4.64. The first-order valence-electron chi connectivity index (χ1n) is 12.7. The van der Waals surface area contributed by atoms with Crippen LogP contribution in [-0.2, 0) is 25.0 Å². The lowest BCUT2D eigenvalue weighted by molar-refractivity contribution is -0.141. The predicted octanol–water partition coefficient (Wildman–Crippen LogP) is 4.59. The van der Waals surface area contributed by atoms with Gasteiger partial charge in [0.2, 0.25) is 5.95 Å². The fourth-order valence-corrected chi connectivity index (χ4v) is 5.63. The minimum Gasteiger partial charge on any atom is -0.467 e. The molecule has 38 heavy (non-hydrogen) atoms. The number of methoxy groups -OCH3 is 1. The number of nitrogens with zero attached hydrogens (tertiary/aromatic N) is 2. The molecule has 3 rings (SSSR count). The molecule has 1 fully saturated rings. The van der Waals surface area contributed by atoms with E-state index < -0.39 is 49.9 Å². The summed E-state index contributed by atoms with van der Waals surface area (Å²) >= 11 is 0. The molecule has 0 saturated heterocycles. The summed E-state index contributed by atoms with van der Waals surface area (Å²) in [4.78, 5) is 32.9. The second-order valence-corrected chi connectivity index (χ2v) is 13.3.